The third-order valence-corrected chi connectivity index (χ3v) is 7.41. The first-order valence-corrected chi connectivity index (χ1v) is 14.1. The lowest BCUT2D eigenvalue weighted by molar-refractivity contribution is -0.143. The fourth-order valence-electron chi connectivity index (χ4n) is 5.33. The molecule has 1 saturated carbocycles. The SMILES string of the molecule is COc1ccc([C@@H](C(=O)NC2CCCCC2)N(C[C@@H]2CCCO2)C(=O)CCCC(=O)Nc2ccccn2)cc1. The quantitative estimate of drug-likeness (QED) is 0.416. The van der Waals surface area contributed by atoms with Gasteiger partial charge < -0.3 is 25.0 Å². The van der Waals surface area contributed by atoms with E-state index in [9.17, 15) is 14.4 Å². The molecule has 2 heterocycles. The molecule has 1 saturated heterocycles. The first-order valence-electron chi connectivity index (χ1n) is 14.1. The smallest absolute Gasteiger partial charge is 0.247 e. The van der Waals surface area contributed by atoms with Gasteiger partial charge >= 0.3 is 0 Å². The Kier molecular flexibility index (Phi) is 10.7. The Bertz CT molecular complexity index is 1070. The van der Waals surface area contributed by atoms with Crippen molar-refractivity contribution in [3.05, 3.63) is 54.2 Å². The number of carbonyl (C=O) groups is 3. The molecule has 2 aliphatic rings. The minimum absolute atomic E-state index is 0.113. The van der Waals surface area contributed by atoms with Crippen LogP contribution in [0.3, 0.4) is 0 Å². The predicted molar refractivity (Wildman–Crippen MR) is 148 cm³/mol. The second-order valence-corrected chi connectivity index (χ2v) is 10.3. The molecule has 2 N–H and O–H groups in total. The van der Waals surface area contributed by atoms with Crippen LogP contribution >= 0.6 is 0 Å². The van der Waals surface area contributed by atoms with E-state index in [1.54, 1.807) is 36.4 Å². The number of hydrogen-bond donors (Lipinski definition) is 2. The van der Waals surface area contributed by atoms with Crippen molar-refractivity contribution in [3.8, 4) is 5.75 Å². The van der Waals surface area contributed by atoms with Gasteiger partial charge in [-0.05, 0) is 61.9 Å². The van der Waals surface area contributed by atoms with Crippen LogP contribution in [0.5, 0.6) is 5.75 Å². The Morgan fingerprint density at radius 2 is 1.82 bits per heavy atom. The Morgan fingerprint density at radius 3 is 2.49 bits per heavy atom. The number of rotatable bonds is 12. The van der Waals surface area contributed by atoms with Gasteiger partial charge in [0.05, 0.1) is 13.2 Å². The number of hydrogen-bond acceptors (Lipinski definition) is 6. The molecule has 2 aromatic rings. The van der Waals surface area contributed by atoms with Crippen LogP contribution in [0.25, 0.3) is 0 Å². The van der Waals surface area contributed by atoms with Crippen molar-refractivity contribution in [1.29, 1.82) is 0 Å². The Balaban J connectivity index is 1.49. The van der Waals surface area contributed by atoms with Gasteiger partial charge in [-0.3, -0.25) is 14.4 Å². The number of methoxy groups -OCH3 is 1. The highest BCUT2D eigenvalue weighted by Gasteiger charge is 2.35. The predicted octanol–water partition coefficient (Wildman–Crippen LogP) is 4.40. The van der Waals surface area contributed by atoms with Crippen LogP contribution in [-0.4, -0.2) is 60.0 Å². The summed E-state index contributed by atoms with van der Waals surface area (Å²) in [6.45, 7) is 0.982. The minimum Gasteiger partial charge on any atom is -0.497 e. The van der Waals surface area contributed by atoms with Crippen LogP contribution in [0.4, 0.5) is 5.82 Å². The highest BCUT2D eigenvalue weighted by Crippen LogP contribution is 2.28. The highest BCUT2D eigenvalue weighted by atomic mass is 16.5. The fraction of sp³-hybridized carbons (Fsp3) is 0.533. The standard InChI is InChI=1S/C30H40N4O5/c1-38-24-17-15-22(16-18-24)29(30(37)32-23-9-3-2-4-10-23)34(21-25-11-8-20-39-25)28(36)14-7-13-27(35)33-26-12-5-6-19-31-26/h5-6,12,15-19,23,25,29H,2-4,7-11,13-14,20-21H2,1H3,(H,32,37)(H,31,33,35)/t25-,29-/m0/s1. The zero-order valence-corrected chi connectivity index (χ0v) is 22.8. The molecule has 0 radical (unpaired) electrons. The van der Waals surface area contributed by atoms with E-state index in [0.29, 0.717) is 31.1 Å². The zero-order chi connectivity index (χ0) is 27.5. The summed E-state index contributed by atoms with van der Waals surface area (Å²) in [5.74, 6) is 0.616. The second kappa shape index (κ2) is 14.6. The highest BCUT2D eigenvalue weighted by molar-refractivity contribution is 5.91. The lowest BCUT2D eigenvalue weighted by Crippen LogP contribution is -2.49. The summed E-state index contributed by atoms with van der Waals surface area (Å²) in [6, 6.07) is 11.9. The number of pyridine rings is 1. The Labute approximate surface area is 230 Å². The molecular weight excluding hydrogens is 496 g/mol. The van der Waals surface area contributed by atoms with Gasteiger partial charge in [-0.25, -0.2) is 4.98 Å². The molecule has 0 bridgehead atoms. The molecule has 1 aromatic heterocycles. The minimum atomic E-state index is -0.795. The molecule has 1 aliphatic heterocycles. The van der Waals surface area contributed by atoms with Gasteiger partial charge in [-0.2, -0.15) is 0 Å². The third kappa shape index (κ3) is 8.51. The lowest BCUT2D eigenvalue weighted by atomic mass is 9.94. The number of nitrogens with zero attached hydrogens (tertiary/aromatic N) is 2. The van der Waals surface area contributed by atoms with E-state index in [1.165, 1.54) is 6.42 Å². The number of carbonyl (C=O) groups excluding carboxylic acids is 3. The summed E-state index contributed by atoms with van der Waals surface area (Å²) < 4.78 is 11.2. The van der Waals surface area contributed by atoms with Gasteiger partial charge in [0.2, 0.25) is 17.7 Å². The molecule has 9 heteroatoms. The number of ether oxygens (including phenoxy) is 2. The van der Waals surface area contributed by atoms with Gasteiger partial charge in [-0.15, -0.1) is 0 Å². The van der Waals surface area contributed by atoms with E-state index in [1.807, 2.05) is 24.3 Å². The molecule has 1 aliphatic carbocycles. The van der Waals surface area contributed by atoms with Crippen LogP contribution < -0.4 is 15.4 Å². The van der Waals surface area contributed by atoms with E-state index in [0.717, 1.165) is 44.1 Å². The molecule has 2 atom stereocenters. The van der Waals surface area contributed by atoms with Crippen LogP contribution in [-0.2, 0) is 19.1 Å². The van der Waals surface area contributed by atoms with E-state index < -0.39 is 6.04 Å². The maximum atomic E-state index is 13.8. The molecule has 210 valence electrons. The number of aromatic nitrogens is 1. The number of amides is 3. The largest absolute Gasteiger partial charge is 0.497 e. The molecule has 2 fully saturated rings. The van der Waals surface area contributed by atoms with Gasteiger partial charge in [0.15, 0.2) is 0 Å². The van der Waals surface area contributed by atoms with Crippen molar-refractivity contribution < 1.29 is 23.9 Å². The molecule has 9 nitrogen and oxygen atoms in total. The van der Waals surface area contributed by atoms with Gasteiger partial charge in [0.25, 0.3) is 0 Å². The van der Waals surface area contributed by atoms with Gasteiger partial charge in [0, 0.05) is 38.2 Å². The van der Waals surface area contributed by atoms with Crippen LogP contribution in [0, 0.1) is 0 Å². The molecule has 39 heavy (non-hydrogen) atoms. The molecular formula is C30H40N4O5. The lowest BCUT2D eigenvalue weighted by Gasteiger charge is -2.35. The molecule has 0 spiro atoms. The van der Waals surface area contributed by atoms with Gasteiger partial charge in [-0.1, -0.05) is 37.5 Å². The summed E-state index contributed by atoms with van der Waals surface area (Å²) in [4.78, 5) is 45.7. The van der Waals surface area contributed by atoms with Crippen LogP contribution in [0.1, 0.15) is 75.8 Å². The third-order valence-electron chi connectivity index (χ3n) is 7.41. The first-order chi connectivity index (χ1) is 19.0. The number of benzene rings is 1. The number of anilines is 1. The topological polar surface area (TPSA) is 110 Å². The van der Waals surface area contributed by atoms with E-state index in [-0.39, 0.29) is 42.7 Å². The monoisotopic (exact) mass is 536 g/mol. The summed E-state index contributed by atoms with van der Waals surface area (Å²) in [5, 5.41) is 5.99. The summed E-state index contributed by atoms with van der Waals surface area (Å²) in [6.07, 6.45) is 9.23. The fourth-order valence-corrected chi connectivity index (χ4v) is 5.33. The van der Waals surface area contributed by atoms with Gasteiger partial charge in [0.1, 0.15) is 17.6 Å². The van der Waals surface area contributed by atoms with Crippen molar-refractivity contribution in [3.63, 3.8) is 0 Å². The average Bonchev–Trinajstić information content (AvgIpc) is 3.47. The molecule has 3 amide bonds. The van der Waals surface area contributed by atoms with E-state index in [2.05, 4.69) is 15.6 Å². The Morgan fingerprint density at radius 1 is 1.03 bits per heavy atom. The summed E-state index contributed by atoms with van der Waals surface area (Å²) >= 11 is 0. The second-order valence-electron chi connectivity index (χ2n) is 10.3. The van der Waals surface area contributed by atoms with E-state index in [4.69, 9.17) is 9.47 Å². The van der Waals surface area contributed by atoms with Crippen molar-refractivity contribution in [2.24, 2.45) is 0 Å². The maximum absolute atomic E-state index is 13.8. The maximum Gasteiger partial charge on any atom is 0.247 e. The Hall–Kier alpha value is -3.46. The van der Waals surface area contributed by atoms with Crippen LogP contribution in [0.2, 0.25) is 0 Å². The van der Waals surface area contributed by atoms with E-state index >= 15 is 0 Å². The van der Waals surface area contributed by atoms with Crippen molar-refractivity contribution >= 4 is 23.5 Å². The summed E-state index contributed by atoms with van der Waals surface area (Å²) in [7, 11) is 1.60. The molecule has 1 aromatic carbocycles. The normalized spacial score (nSPS) is 18.2. The summed E-state index contributed by atoms with van der Waals surface area (Å²) in [5.41, 5.74) is 0.725. The zero-order valence-electron chi connectivity index (χ0n) is 22.8. The molecule has 4 rings (SSSR count). The molecule has 0 unspecified atom stereocenters. The van der Waals surface area contributed by atoms with Crippen molar-refractivity contribution in [1.82, 2.24) is 15.2 Å². The first kappa shape index (κ1) is 28.5. The van der Waals surface area contributed by atoms with Crippen molar-refractivity contribution in [2.75, 3.05) is 25.6 Å². The van der Waals surface area contributed by atoms with Crippen LogP contribution in [0.15, 0.2) is 48.7 Å². The van der Waals surface area contributed by atoms with Crippen molar-refractivity contribution in [2.45, 2.75) is 82.4 Å². The number of nitrogens with one attached hydrogen (secondary N) is 2. The average molecular weight is 537 g/mol.